The van der Waals surface area contributed by atoms with E-state index in [9.17, 15) is 4.79 Å². The number of carbonyl (C=O) groups is 1. The van der Waals surface area contributed by atoms with E-state index in [4.69, 9.17) is 4.74 Å². The molecule has 4 rings (SSSR count). The predicted molar refractivity (Wildman–Crippen MR) is 95.7 cm³/mol. The highest BCUT2D eigenvalue weighted by Crippen LogP contribution is 2.41. The number of aryl methyl sites for hydroxylation is 1. The number of rotatable bonds is 6. The Morgan fingerprint density at radius 3 is 2.76 bits per heavy atom. The van der Waals surface area contributed by atoms with Crippen molar-refractivity contribution in [1.29, 1.82) is 0 Å². The van der Waals surface area contributed by atoms with Crippen molar-refractivity contribution in [2.75, 3.05) is 0 Å². The van der Waals surface area contributed by atoms with E-state index < -0.39 is 0 Å². The molecule has 0 unspecified atom stereocenters. The maximum atomic E-state index is 12.6. The van der Waals surface area contributed by atoms with Crippen LogP contribution in [0.25, 0.3) is 0 Å². The van der Waals surface area contributed by atoms with Crippen LogP contribution in [0.5, 0.6) is 5.75 Å². The Labute approximate surface area is 148 Å². The number of carbonyl (C=O) groups excluding carboxylic acids is 1. The zero-order valence-corrected chi connectivity index (χ0v) is 14.7. The smallest absolute Gasteiger partial charge is 0.255 e. The van der Waals surface area contributed by atoms with Gasteiger partial charge >= 0.3 is 0 Å². The number of hydrogen-bond donors (Lipinski definition) is 1. The zero-order valence-electron chi connectivity index (χ0n) is 14.7. The molecule has 2 saturated carbocycles. The zero-order chi connectivity index (χ0) is 17.2. The third kappa shape index (κ3) is 3.55. The first kappa shape index (κ1) is 16.2. The molecule has 1 aromatic carbocycles. The van der Waals surface area contributed by atoms with Gasteiger partial charge in [-0.05, 0) is 44.6 Å². The molecule has 2 aliphatic carbocycles. The van der Waals surface area contributed by atoms with Gasteiger partial charge in [0.1, 0.15) is 5.75 Å². The Balaban J connectivity index is 1.43. The normalized spacial score (nSPS) is 17.6. The number of nitrogens with zero attached hydrogens (tertiary/aromatic N) is 2. The van der Waals surface area contributed by atoms with Crippen LogP contribution >= 0.6 is 0 Å². The van der Waals surface area contributed by atoms with Gasteiger partial charge in [0.05, 0.1) is 23.6 Å². The second-order valence-electron chi connectivity index (χ2n) is 7.16. The molecule has 1 heterocycles. The van der Waals surface area contributed by atoms with E-state index in [0.29, 0.717) is 24.1 Å². The fourth-order valence-corrected chi connectivity index (χ4v) is 3.68. The van der Waals surface area contributed by atoms with E-state index in [1.54, 1.807) is 6.20 Å². The summed E-state index contributed by atoms with van der Waals surface area (Å²) in [5, 5.41) is 7.32. The minimum Gasteiger partial charge on any atom is -0.490 e. The molecule has 2 fully saturated rings. The first-order chi connectivity index (χ1) is 12.2. The van der Waals surface area contributed by atoms with E-state index in [1.165, 1.54) is 12.8 Å². The summed E-state index contributed by atoms with van der Waals surface area (Å²) in [6, 6.07) is 8.00. The summed E-state index contributed by atoms with van der Waals surface area (Å²) in [4.78, 5) is 12.6. The number of aromatic nitrogens is 2. The molecule has 2 aliphatic rings. The van der Waals surface area contributed by atoms with Crippen molar-refractivity contribution < 1.29 is 9.53 Å². The van der Waals surface area contributed by atoms with E-state index in [2.05, 4.69) is 10.4 Å². The molecule has 5 nitrogen and oxygen atoms in total. The van der Waals surface area contributed by atoms with Gasteiger partial charge in [-0.1, -0.05) is 18.2 Å². The minimum absolute atomic E-state index is 0.0503. The van der Waals surface area contributed by atoms with E-state index in [-0.39, 0.29) is 5.91 Å². The lowest BCUT2D eigenvalue weighted by molar-refractivity contribution is 0.0949. The van der Waals surface area contributed by atoms with E-state index in [0.717, 1.165) is 42.7 Å². The Morgan fingerprint density at radius 1 is 1.24 bits per heavy atom. The lowest BCUT2D eigenvalue weighted by Gasteiger charge is -2.17. The van der Waals surface area contributed by atoms with Gasteiger partial charge in [0.25, 0.3) is 5.91 Å². The molecule has 0 bridgehead atoms. The monoisotopic (exact) mass is 339 g/mol. The average molecular weight is 339 g/mol. The molecule has 25 heavy (non-hydrogen) atoms. The second kappa shape index (κ2) is 6.90. The van der Waals surface area contributed by atoms with Crippen LogP contribution in [0.1, 0.15) is 66.1 Å². The van der Waals surface area contributed by atoms with E-state index >= 15 is 0 Å². The minimum atomic E-state index is -0.0503. The predicted octanol–water partition coefficient (Wildman–Crippen LogP) is 3.55. The molecule has 5 heteroatoms. The van der Waals surface area contributed by atoms with Gasteiger partial charge in [-0.3, -0.25) is 9.48 Å². The number of ether oxygens (including phenoxy) is 1. The molecule has 0 saturated heterocycles. The Hall–Kier alpha value is -2.30. The quantitative estimate of drug-likeness (QED) is 0.876. The Morgan fingerprint density at radius 2 is 2.00 bits per heavy atom. The Bertz CT molecular complexity index is 758. The summed E-state index contributed by atoms with van der Waals surface area (Å²) in [5.41, 5.74) is 2.80. The van der Waals surface area contributed by atoms with Crippen molar-refractivity contribution in [2.24, 2.45) is 7.05 Å². The fraction of sp³-hybridized carbons (Fsp3) is 0.500. The van der Waals surface area contributed by atoms with Gasteiger partial charge in [0, 0.05) is 25.1 Å². The van der Waals surface area contributed by atoms with Crippen LogP contribution in [0.2, 0.25) is 0 Å². The summed E-state index contributed by atoms with van der Waals surface area (Å²) < 4.78 is 7.99. The van der Waals surface area contributed by atoms with Crippen molar-refractivity contribution in [3.8, 4) is 5.75 Å². The molecular formula is C20H25N3O2. The third-order valence-corrected chi connectivity index (χ3v) is 5.20. The largest absolute Gasteiger partial charge is 0.490 e. The van der Waals surface area contributed by atoms with Gasteiger partial charge in [-0.15, -0.1) is 0 Å². The van der Waals surface area contributed by atoms with Crippen molar-refractivity contribution >= 4 is 5.91 Å². The summed E-state index contributed by atoms with van der Waals surface area (Å²) in [5.74, 6) is 1.33. The number of hydrogen-bond acceptors (Lipinski definition) is 3. The molecule has 0 spiro atoms. The lowest BCUT2D eigenvalue weighted by Crippen LogP contribution is -2.24. The highest BCUT2D eigenvalue weighted by Gasteiger charge is 2.31. The van der Waals surface area contributed by atoms with E-state index in [1.807, 2.05) is 36.0 Å². The van der Waals surface area contributed by atoms with Crippen molar-refractivity contribution in [1.82, 2.24) is 15.1 Å². The molecule has 1 aromatic heterocycles. The topological polar surface area (TPSA) is 56.2 Å². The van der Waals surface area contributed by atoms with Crippen molar-refractivity contribution in [2.45, 2.75) is 57.1 Å². The number of amides is 1. The average Bonchev–Trinajstić information content (AvgIpc) is 3.18. The van der Waals surface area contributed by atoms with Crippen LogP contribution in [0.4, 0.5) is 0 Å². The maximum absolute atomic E-state index is 12.6. The highest BCUT2D eigenvalue weighted by molar-refractivity contribution is 5.95. The molecule has 0 radical (unpaired) electrons. The third-order valence-electron chi connectivity index (χ3n) is 5.20. The molecule has 0 atom stereocenters. The van der Waals surface area contributed by atoms with Gasteiger partial charge in [-0.25, -0.2) is 0 Å². The molecular weight excluding hydrogens is 314 g/mol. The number of benzene rings is 1. The summed E-state index contributed by atoms with van der Waals surface area (Å²) >= 11 is 0. The van der Waals surface area contributed by atoms with Crippen LogP contribution < -0.4 is 10.1 Å². The van der Waals surface area contributed by atoms with Gasteiger partial charge < -0.3 is 10.1 Å². The SMILES string of the molecule is Cn1ncc(C(=O)NCc2ccccc2OC2CCCC2)c1C1CC1. The number of nitrogens with one attached hydrogen (secondary N) is 1. The lowest BCUT2D eigenvalue weighted by atomic mass is 10.1. The van der Waals surface area contributed by atoms with Gasteiger partial charge in [0.2, 0.25) is 0 Å². The van der Waals surface area contributed by atoms with Crippen LogP contribution in [-0.4, -0.2) is 21.8 Å². The fourth-order valence-electron chi connectivity index (χ4n) is 3.68. The van der Waals surface area contributed by atoms with Crippen LogP contribution in [0, 0.1) is 0 Å². The van der Waals surface area contributed by atoms with Crippen LogP contribution in [-0.2, 0) is 13.6 Å². The molecule has 132 valence electrons. The van der Waals surface area contributed by atoms with Crippen LogP contribution in [0.3, 0.4) is 0 Å². The molecule has 2 aromatic rings. The number of para-hydroxylation sites is 1. The maximum Gasteiger partial charge on any atom is 0.255 e. The molecule has 1 N–H and O–H groups in total. The molecule has 0 aliphatic heterocycles. The first-order valence-corrected chi connectivity index (χ1v) is 9.27. The first-order valence-electron chi connectivity index (χ1n) is 9.27. The summed E-state index contributed by atoms with van der Waals surface area (Å²) in [6.07, 6.45) is 9.04. The Kier molecular flexibility index (Phi) is 4.47. The standard InChI is InChI=1S/C20H25N3O2/c1-23-19(14-10-11-14)17(13-22-23)20(24)21-12-15-6-2-5-9-18(15)25-16-7-3-4-8-16/h2,5-6,9,13-14,16H,3-4,7-8,10-12H2,1H3,(H,21,24). The second-order valence-corrected chi connectivity index (χ2v) is 7.16. The summed E-state index contributed by atoms with van der Waals surface area (Å²) in [6.45, 7) is 0.473. The van der Waals surface area contributed by atoms with Crippen molar-refractivity contribution in [3.05, 3.63) is 47.3 Å². The van der Waals surface area contributed by atoms with Gasteiger partial charge in [-0.2, -0.15) is 5.10 Å². The van der Waals surface area contributed by atoms with Gasteiger partial charge in [0.15, 0.2) is 0 Å². The highest BCUT2D eigenvalue weighted by atomic mass is 16.5. The molecule has 1 amide bonds. The van der Waals surface area contributed by atoms with Crippen molar-refractivity contribution in [3.63, 3.8) is 0 Å². The van der Waals surface area contributed by atoms with Crippen LogP contribution in [0.15, 0.2) is 30.5 Å². The summed E-state index contributed by atoms with van der Waals surface area (Å²) in [7, 11) is 1.91.